The average molecular weight is 332 g/mol. The zero-order valence-corrected chi connectivity index (χ0v) is 13.7. The van der Waals surface area contributed by atoms with Crippen molar-refractivity contribution in [2.45, 2.75) is 25.7 Å². The molecule has 3 aromatic rings. The number of aromatic nitrogens is 6. The number of nitrogens with zero attached hydrogens (tertiary/aromatic N) is 7. The predicted octanol–water partition coefficient (Wildman–Crippen LogP) is 1.90. The van der Waals surface area contributed by atoms with Gasteiger partial charge in [0.2, 0.25) is 5.95 Å². The van der Waals surface area contributed by atoms with E-state index in [0.29, 0.717) is 5.02 Å². The van der Waals surface area contributed by atoms with E-state index >= 15 is 0 Å². The molecule has 0 unspecified atom stereocenters. The summed E-state index contributed by atoms with van der Waals surface area (Å²) in [6.07, 6.45) is 5.71. The molecule has 4 rings (SSSR count). The Balaban J connectivity index is 1.49. The van der Waals surface area contributed by atoms with E-state index in [9.17, 15) is 0 Å². The van der Waals surface area contributed by atoms with Gasteiger partial charge in [0.05, 0.1) is 5.02 Å². The molecule has 0 bridgehead atoms. The van der Waals surface area contributed by atoms with Crippen LogP contribution in [0.2, 0.25) is 5.02 Å². The monoisotopic (exact) mass is 331 g/mol. The molecule has 0 aromatic carbocycles. The second kappa shape index (κ2) is 5.81. The van der Waals surface area contributed by atoms with Crippen LogP contribution in [0.1, 0.15) is 24.5 Å². The van der Waals surface area contributed by atoms with Crippen LogP contribution in [0.15, 0.2) is 18.3 Å². The Bertz CT molecular complexity index is 832. The van der Waals surface area contributed by atoms with Crippen LogP contribution in [0.4, 0.5) is 5.95 Å². The van der Waals surface area contributed by atoms with Gasteiger partial charge in [-0.3, -0.25) is 4.68 Å². The summed E-state index contributed by atoms with van der Waals surface area (Å²) in [5.74, 6) is 2.59. The van der Waals surface area contributed by atoms with E-state index in [1.54, 1.807) is 10.7 Å². The quantitative estimate of drug-likeness (QED) is 0.730. The molecular formula is C15H18ClN7. The first kappa shape index (κ1) is 14.4. The summed E-state index contributed by atoms with van der Waals surface area (Å²) in [4.78, 5) is 11.4. The number of fused-ring (bicyclic) bond motifs is 1. The summed E-state index contributed by atoms with van der Waals surface area (Å²) in [6.45, 7) is 2.11. The minimum Gasteiger partial charge on any atom is -0.340 e. The first-order valence-electron chi connectivity index (χ1n) is 7.85. The lowest BCUT2D eigenvalue weighted by Gasteiger charge is -2.10. The first-order valence-corrected chi connectivity index (χ1v) is 8.22. The van der Waals surface area contributed by atoms with Crippen LogP contribution in [0.5, 0.6) is 0 Å². The molecule has 1 fully saturated rings. The standard InChI is InChI=1S/C15H18ClN7/c1-21-13(18-15(20-21)22-8-2-3-9-22)7-5-12-17-14-6-4-11(16)10-23(14)19-12/h4,6,10H,2-3,5,7-9H2,1H3. The predicted molar refractivity (Wildman–Crippen MR) is 87.9 cm³/mol. The second-order valence-corrected chi connectivity index (χ2v) is 6.26. The van der Waals surface area contributed by atoms with Gasteiger partial charge in [0.15, 0.2) is 11.5 Å². The third-order valence-electron chi connectivity index (χ3n) is 4.14. The summed E-state index contributed by atoms with van der Waals surface area (Å²) >= 11 is 5.97. The van der Waals surface area contributed by atoms with Gasteiger partial charge in [0.1, 0.15) is 5.82 Å². The Morgan fingerprint density at radius 2 is 1.91 bits per heavy atom. The number of pyridine rings is 1. The lowest BCUT2D eigenvalue weighted by atomic mass is 10.3. The Morgan fingerprint density at radius 1 is 1.09 bits per heavy atom. The molecule has 4 heterocycles. The van der Waals surface area contributed by atoms with Crippen LogP contribution in [-0.4, -0.2) is 42.5 Å². The van der Waals surface area contributed by atoms with Crippen molar-refractivity contribution in [3.05, 3.63) is 35.0 Å². The molecule has 0 saturated carbocycles. The largest absolute Gasteiger partial charge is 0.340 e. The van der Waals surface area contributed by atoms with Gasteiger partial charge in [0, 0.05) is 39.2 Å². The summed E-state index contributed by atoms with van der Waals surface area (Å²) < 4.78 is 3.57. The summed E-state index contributed by atoms with van der Waals surface area (Å²) in [7, 11) is 1.94. The van der Waals surface area contributed by atoms with E-state index in [2.05, 4.69) is 25.1 Å². The Labute approximate surface area is 138 Å². The molecule has 7 nitrogen and oxygen atoms in total. The first-order chi connectivity index (χ1) is 11.2. The summed E-state index contributed by atoms with van der Waals surface area (Å²) in [5, 5.41) is 9.63. The molecule has 0 N–H and O–H groups in total. The molecule has 0 radical (unpaired) electrons. The molecule has 1 aliphatic rings. The van der Waals surface area contributed by atoms with Gasteiger partial charge in [-0.05, 0) is 25.0 Å². The minimum atomic E-state index is 0.650. The van der Waals surface area contributed by atoms with E-state index in [-0.39, 0.29) is 0 Å². The fraction of sp³-hybridized carbons (Fsp3) is 0.467. The highest BCUT2D eigenvalue weighted by Gasteiger charge is 2.18. The molecule has 3 aromatic heterocycles. The number of anilines is 1. The number of halogens is 1. The van der Waals surface area contributed by atoms with Crippen LogP contribution < -0.4 is 4.90 Å². The number of rotatable bonds is 4. The maximum absolute atomic E-state index is 5.97. The SMILES string of the molecule is Cn1nc(N2CCCC2)nc1CCc1nc2ccc(Cl)cn2n1. The van der Waals surface area contributed by atoms with E-state index < -0.39 is 0 Å². The minimum absolute atomic E-state index is 0.650. The van der Waals surface area contributed by atoms with Crippen LogP contribution in [0.25, 0.3) is 5.65 Å². The zero-order valence-electron chi connectivity index (χ0n) is 13.0. The van der Waals surface area contributed by atoms with Gasteiger partial charge >= 0.3 is 0 Å². The third-order valence-corrected chi connectivity index (χ3v) is 4.37. The highest BCUT2D eigenvalue weighted by Crippen LogP contribution is 2.17. The van der Waals surface area contributed by atoms with E-state index in [1.165, 1.54) is 12.8 Å². The average Bonchev–Trinajstić information content (AvgIpc) is 3.23. The fourth-order valence-corrected chi connectivity index (χ4v) is 3.06. The lowest BCUT2D eigenvalue weighted by Crippen LogP contribution is -2.19. The van der Waals surface area contributed by atoms with Crippen molar-refractivity contribution in [2.75, 3.05) is 18.0 Å². The smallest absolute Gasteiger partial charge is 0.244 e. The van der Waals surface area contributed by atoms with Gasteiger partial charge < -0.3 is 4.90 Å². The van der Waals surface area contributed by atoms with E-state index in [1.807, 2.05) is 23.9 Å². The summed E-state index contributed by atoms with van der Waals surface area (Å²) in [5.41, 5.74) is 0.806. The van der Waals surface area contributed by atoms with Crippen molar-refractivity contribution >= 4 is 23.2 Å². The second-order valence-electron chi connectivity index (χ2n) is 5.82. The highest BCUT2D eigenvalue weighted by atomic mass is 35.5. The molecule has 0 amide bonds. The lowest BCUT2D eigenvalue weighted by molar-refractivity contribution is 0.681. The van der Waals surface area contributed by atoms with Gasteiger partial charge in [-0.25, -0.2) is 9.50 Å². The van der Waals surface area contributed by atoms with Crippen molar-refractivity contribution in [3.63, 3.8) is 0 Å². The molecular weight excluding hydrogens is 314 g/mol. The highest BCUT2D eigenvalue weighted by molar-refractivity contribution is 6.30. The fourth-order valence-electron chi connectivity index (χ4n) is 2.90. The van der Waals surface area contributed by atoms with E-state index in [4.69, 9.17) is 11.6 Å². The molecule has 0 atom stereocenters. The Kier molecular flexibility index (Phi) is 3.65. The molecule has 1 saturated heterocycles. The summed E-state index contributed by atoms with van der Waals surface area (Å²) in [6, 6.07) is 3.69. The van der Waals surface area contributed by atoms with Crippen molar-refractivity contribution in [1.82, 2.24) is 29.4 Å². The third kappa shape index (κ3) is 2.88. The number of hydrogen-bond donors (Lipinski definition) is 0. The van der Waals surface area contributed by atoms with Gasteiger partial charge in [-0.15, -0.1) is 5.10 Å². The molecule has 0 aliphatic carbocycles. The van der Waals surface area contributed by atoms with Gasteiger partial charge in [0.25, 0.3) is 0 Å². The topological polar surface area (TPSA) is 64.1 Å². The molecule has 0 spiro atoms. The van der Waals surface area contributed by atoms with Crippen LogP contribution >= 0.6 is 11.6 Å². The van der Waals surface area contributed by atoms with Gasteiger partial charge in [-0.1, -0.05) is 11.6 Å². The molecule has 23 heavy (non-hydrogen) atoms. The van der Waals surface area contributed by atoms with Crippen LogP contribution in [0.3, 0.4) is 0 Å². The molecule has 120 valence electrons. The Morgan fingerprint density at radius 3 is 2.74 bits per heavy atom. The molecule has 8 heteroatoms. The maximum Gasteiger partial charge on any atom is 0.244 e. The number of hydrogen-bond acceptors (Lipinski definition) is 5. The zero-order chi connectivity index (χ0) is 15.8. The van der Waals surface area contributed by atoms with E-state index in [0.717, 1.165) is 49.2 Å². The maximum atomic E-state index is 5.97. The normalized spacial score (nSPS) is 15.0. The molecule has 1 aliphatic heterocycles. The van der Waals surface area contributed by atoms with Crippen LogP contribution in [0, 0.1) is 0 Å². The Hall–Kier alpha value is -2.15. The van der Waals surface area contributed by atoms with Gasteiger partial charge in [-0.2, -0.15) is 10.1 Å². The van der Waals surface area contributed by atoms with Crippen LogP contribution in [-0.2, 0) is 19.9 Å². The van der Waals surface area contributed by atoms with Crippen molar-refractivity contribution < 1.29 is 0 Å². The number of aryl methyl sites for hydroxylation is 3. The van der Waals surface area contributed by atoms with Crippen molar-refractivity contribution in [2.24, 2.45) is 7.05 Å². The van der Waals surface area contributed by atoms with Crippen molar-refractivity contribution in [3.8, 4) is 0 Å². The van der Waals surface area contributed by atoms with Crippen molar-refractivity contribution in [1.29, 1.82) is 0 Å².